The molecule has 0 bridgehead atoms. The molecule has 1 fully saturated rings. The molecule has 2 heteroatoms. The summed E-state index contributed by atoms with van der Waals surface area (Å²) in [6.45, 7) is 2.21. The molecule has 1 aromatic heterocycles. The second-order valence-corrected chi connectivity index (χ2v) is 3.04. The molecular weight excluding hydrogens is 126 g/mol. The SMILES string of the molecule is CC(c1ccno1)C1CC1. The highest BCUT2D eigenvalue weighted by atomic mass is 16.5. The van der Waals surface area contributed by atoms with Crippen LogP contribution < -0.4 is 0 Å². The first-order valence-corrected chi connectivity index (χ1v) is 3.78. The Morgan fingerprint density at radius 1 is 1.70 bits per heavy atom. The van der Waals surface area contributed by atoms with Crippen LogP contribution >= 0.6 is 0 Å². The van der Waals surface area contributed by atoms with Gasteiger partial charge >= 0.3 is 0 Å². The first kappa shape index (κ1) is 5.96. The summed E-state index contributed by atoms with van der Waals surface area (Å²) >= 11 is 0. The van der Waals surface area contributed by atoms with Gasteiger partial charge in [0.15, 0.2) is 0 Å². The quantitative estimate of drug-likeness (QED) is 0.624. The highest BCUT2D eigenvalue weighted by molar-refractivity contribution is 5.05. The fraction of sp³-hybridized carbons (Fsp3) is 0.625. The normalized spacial score (nSPS) is 20.9. The van der Waals surface area contributed by atoms with Gasteiger partial charge in [0.2, 0.25) is 0 Å². The summed E-state index contributed by atoms with van der Waals surface area (Å²) in [6, 6.07) is 1.96. The zero-order valence-electron chi connectivity index (χ0n) is 6.08. The second-order valence-electron chi connectivity index (χ2n) is 3.04. The van der Waals surface area contributed by atoms with Gasteiger partial charge in [-0.3, -0.25) is 0 Å². The van der Waals surface area contributed by atoms with Gasteiger partial charge in [-0.2, -0.15) is 0 Å². The van der Waals surface area contributed by atoms with Crippen LogP contribution in [0.2, 0.25) is 0 Å². The van der Waals surface area contributed by atoms with E-state index in [9.17, 15) is 0 Å². The molecule has 0 spiro atoms. The molecule has 1 aromatic rings. The molecule has 2 nitrogen and oxygen atoms in total. The van der Waals surface area contributed by atoms with Crippen molar-refractivity contribution in [3.05, 3.63) is 18.0 Å². The minimum absolute atomic E-state index is 0.586. The number of hydrogen-bond donors (Lipinski definition) is 0. The number of nitrogens with zero attached hydrogens (tertiary/aromatic N) is 1. The predicted molar refractivity (Wildman–Crippen MR) is 37.6 cm³/mol. The standard InChI is InChI=1S/C8H11NO/c1-6(7-2-3-7)8-4-5-9-10-8/h4-7H,2-3H2,1H3. The van der Waals surface area contributed by atoms with Crippen molar-refractivity contribution in [2.45, 2.75) is 25.7 Å². The van der Waals surface area contributed by atoms with E-state index in [0.717, 1.165) is 11.7 Å². The second kappa shape index (κ2) is 2.11. The Morgan fingerprint density at radius 2 is 2.50 bits per heavy atom. The van der Waals surface area contributed by atoms with Gasteiger partial charge in [-0.15, -0.1) is 0 Å². The van der Waals surface area contributed by atoms with Crippen LogP contribution in [0.1, 0.15) is 31.4 Å². The van der Waals surface area contributed by atoms with E-state index in [1.807, 2.05) is 6.07 Å². The molecule has 0 radical (unpaired) electrons. The molecule has 1 aliphatic carbocycles. The Hall–Kier alpha value is -0.790. The number of hydrogen-bond acceptors (Lipinski definition) is 2. The fourth-order valence-corrected chi connectivity index (χ4v) is 1.29. The van der Waals surface area contributed by atoms with Crippen LogP contribution in [-0.2, 0) is 0 Å². The smallest absolute Gasteiger partial charge is 0.139 e. The molecule has 2 rings (SSSR count). The van der Waals surface area contributed by atoms with Gasteiger partial charge in [-0.1, -0.05) is 12.1 Å². The average Bonchev–Trinajstić information content (AvgIpc) is 2.65. The van der Waals surface area contributed by atoms with Gasteiger partial charge in [-0.25, -0.2) is 0 Å². The largest absolute Gasteiger partial charge is 0.361 e. The molecule has 1 atom stereocenters. The Labute approximate surface area is 60.2 Å². The molecule has 10 heavy (non-hydrogen) atoms. The molecule has 1 unspecified atom stereocenters. The van der Waals surface area contributed by atoms with Crippen molar-refractivity contribution in [3.8, 4) is 0 Å². The summed E-state index contributed by atoms with van der Waals surface area (Å²) < 4.78 is 5.05. The summed E-state index contributed by atoms with van der Waals surface area (Å²) in [6.07, 6.45) is 4.44. The van der Waals surface area contributed by atoms with E-state index in [2.05, 4.69) is 12.1 Å². The maximum Gasteiger partial charge on any atom is 0.139 e. The minimum Gasteiger partial charge on any atom is -0.361 e. The van der Waals surface area contributed by atoms with Crippen molar-refractivity contribution < 1.29 is 4.52 Å². The van der Waals surface area contributed by atoms with Gasteiger partial charge in [-0.05, 0) is 18.8 Å². The molecule has 0 N–H and O–H groups in total. The monoisotopic (exact) mass is 137 g/mol. The van der Waals surface area contributed by atoms with E-state index in [1.54, 1.807) is 6.20 Å². The minimum atomic E-state index is 0.586. The van der Waals surface area contributed by atoms with Crippen LogP contribution in [0.3, 0.4) is 0 Å². The van der Waals surface area contributed by atoms with Crippen molar-refractivity contribution in [2.75, 3.05) is 0 Å². The molecule has 0 aliphatic heterocycles. The third kappa shape index (κ3) is 0.939. The van der Waals surface area contributed by atoms with Crippen LogP contribution in [0.25, 0.3) is 0 Å². The number of rotatable bonds is 2. The summed E-state index contributed by atoms with van der Waals surface area (Å²) in [5.74, 6) is 2.50. The van der Waals surface area contributed by atoms with E-state index in [-0.39, 0.29) is 0 Å². The topological polar surface area (TPSA) is 26.0 Å². The highest BCUT2D eigenvalue weighted by Gasteiger charge is 2.30. The fourth-order valence-electron chi connectivity index (χ4n) is 1.29. The van der Waals surface area contributed by atoms with Crippen LogP contribution in [-0.4, -0.2) is 5.16 Å². The molecule has 54 valence electrons. The van der Waals surface area contributed by atoms with E-state index in [4.69, 9.17) is 4.52 Å². The lowest BCUT2D eigenvalue weighted by Gasteiger charge is -2.02. The molecule has 0 saturated heterocycles. The Morgan fingerprint density at radius 3 is 3.00 bits per heavy atom. The molecule has 1 aliphatic rings. The lowest BCUT2D eigenvalue weighted by atomic mass is 10.0. The molecule has 0 amide bonds. The van der Waals surface area contributed by atoms with E-state index in [0.29, 0.717) is 5.92 Å². The van der Waals surface area contributed by atoms with E-state index < -0.39 is 0 Å². The third-order valence-corrected chi connectivity index (χ3v) is 2.24. The van der Waals surface area contributed by atoms with Gasteiger partial charge in [0.05, 0.1) is 6.20 Å². The zero-order valence-corrected chi connectivity index (χ0v) is 6.08. The highest BCUT2D eigenvalue weighted by Crippen LogP contribution is 2.41. The van der Waals surface area contributed by atoms with Gasteiger partial charge in [0.25, 0.3) is 0 Å². The van der Waals surface area contributed by atoms with Crippen LogP contribution in [0, 0.1) is 5.92 Å². The van der Waals surface area contributed by atoms with Gasteiger partial charge in [0.1, 0.15) is 5.76 Å². The van der Waals surface area contributed by atoms with Crippen molar-refractivity contribution in [2.24, 2.45) is 5.92 Å². The molecular formula is C8H11NO. The van der Waals surface area contributed by atoms with Crippen molar-refractivity contribution in [1.82, 2.24) is 5.16 Å². The predicted octanol–water partition coefficient (Wildman–Crippen LogP) is 2.19. The summed E-state index contributed by atoms with van der Waals surface area (Å²) in [5.41, 5.74) is 0. The zero-order chi connectivity index (χ0) is 6.97. The van der Waals surface area contributed by atoms with Crippen LogP contribution in [0.15, 0.2) is 16.8 Å². The lowest BCUT2D eigenvalue weighted by molar-refractivity contribution is 0.355. The first-order chi connectivity index (χ1) is 4.88. The maximum atomic E-state index is 5.05. The molecule has 0 aromatic carbocycles. The molecule has 1 saturated carbocycles. The van der Waals surface area contributed by atoms with Gasteiger partial charge < -0.3 is 4.52 Å². The van der Waals surface area contributed by atoms with E-state index >= 15 is 0 Å². The molecule has 1 heterocycles. The van der Waals surface area contributed by atoms with Crippen LogP contribution in [0.5, 0.6) is 0 Å². The van der Waals surface area contributed by atoms with Gasteiger partial charge in [0, 0.05) is 12.0 Å². The van der Waals surface area contributed by atoms with Crippen LogP contribution in [0.4, 0.5) is 0 Å². The van der Waals surface area contributed by atoms with Crippen molar-refractivity contribution >= 4 is 0 Å². The Balaban J connectivity index is 2.11. The average molecular weight is 137 g/mol. The summed E-state index contributed by atoms with van der Waals surface area (Å²) in [5, 5.41) is 3.68. The first-order valence-electron chi connectivity index (χ1n) is 3.78. The lowest BCUT2D eigenvalue weighted by Crippen LogP contribution is -1.92. The summed E-state index contributed by atoms with van der Waals surface area (Å²) in [4.78, 5) is 0. The summed E-state index contributed by atoms with van der Waals surface area (Å²) in [7, 11) is 0. The maximum absolute atomic E-state index is 5.05. The third-order valence-electron chi connectivity index (χ3n) is 2.24. The Bertz CT molecular complexity index is 201. The number of aromatic nitrogens is 1. The van der Waals surface area contributed by atoms with Crippen molar-refractivity contribution in [3.63, 3.8) is 0 Å². The van der Waals surface area contributed by atoms with Crippen molar-refractivity contribution in [1.29, 1.82) is 0 Å². The Kier molecular flexibility index (Phi) is 1.26. The van der Waals surface area contributed by atoms with E-state index in [1.165, 1.54) is 12.8 Å².